The molecule has 3 N–H and O–H groups in total. The van der Waals surface area contributed by atoms with Gasteiger partial charge in [0, 0.05) is 4.88 Å². The first-order chi connectivity index (χ1) is 8.00. The lowest BCUT2D eigenvalue weighted by atomic mass is 10.1. The normalized spacial score (nSPS) is 15.4. The molecule has 0 aliphatic heterocycles. The van der Waals surface area contributed by atoms with Crippen LogP contribution in [0, 0.1) is 0 Å². The van der Waals surface area contributed by atoms with E-state index in [2.05, 4.69) is 17.9 Å². The van der Waals surface area contributed by atoms with Crippen molar-refractivity contribution in [2.45, 2.75) is 31.4 Å². The minimum Gasteiger partial charge on any atom is -0.365 e. The van der Waals surface area contributed by atoms with Crippen LogP contribution in [0.1, 0.15) is 34.1 Å². The van der Waals surface area contributed by atoms with Crippen LogP contribution in [-0.4, -0.2) is 17.1 Å². The number of carbonyl (C=O) groups excluding carboxylic acids is 2. The van der Waals surface area contributed by atoms with Crippen LogP contribution >= 0.6 is 24.0 Å². The predicted molar refractivity (Wildman–Crippen MR) is 71.9 cm³/mol. The number of amides is 2. The number of anilines is 1. The summed E-state index contributed by atoms with van der Waals surface area (Å²) in [6.07, 6.45) is 2.89. The van der Waals surface area contributed by atoms with Crippen molar-refractivity contribution in [2.24, 2.45) is 5.73 Å². The Morgan fingerprint density at radius 2 is 2.18 bits per heavy atom. The number of carbonyl (C=O) groups is 2. The number of nitrogens with two attached hydrogens (primary N) is 1. The molecule has 1 aliphatic carbocycles. The molecular weight excluding hydrogens is 256 g/mol. The molecule has 1 atom stereocenters. The van der Waals surface area contributed by atoms with Gasteiger partial charge in [0.1, 0.15) is 5.00 Å². The standard InChI is InChI=1S/C11H14N2O2S2/c1-5(16)10(15)13-11-8(9(12)14)6-3-2-4-7(6)17-11/h5,16H,2-4H2,1H3,(H2,12,14)(H,13,15). The van der Waals surface area contributed by atoms with E-state index in [1.54, 1.807) is 6.92 Å². The molecule has 6 heteroatoms. The summed E-state index contributed by atoms with van der Waals surface area (Å²) in [7, 11) is 0. The fourth-order valence-electron chi connectivity index (χ4n) is 1.97. The molecule has 2 amide bonds. The molecule has 1 heterocycles. The van der Waals surface area contributed by atoms with Gasteiger partial charge in [-0.05, 0) is 31.7 Å². The summed E-state index contributed by atoms with van der Waals surface area (Å²) >= 11 is 5.51. The fourth-order valence-corrected chi connectivity index (χ4v) is 3.33. The third kappa shape index (κ3) is 2.32. The van der Waals surface area contributed by atoms with Crippen molar-refractivity contribution in [3.05, 3.63) is 16.0 Å². The van der Waals surface area contributed by atoms with Gasteiger partial charge in [-0.15, -0.1) is 11.3 Å². The maximum Gasteiger partial charge on any atom is 0.251 e. The molecule has 1 aromatic rings. The van der Waals surface area contributed by atoms with Gasteiger partial charge in [0.25, 0.3) is 5.91 Å². The molecule has 0 saturated heterocycles. The lowest BCUT2D eigenvalue weighted by Gasteiger charge is -2.07. The Balaban J connectivity index is 2.35. The molecule has 0 bridgehead atoms. The highest BCUT2D eigenvalue weighted by molar-refractivity contribution is 7.81. The van der Waals surface area contributed by atoms with Crippen molar-refractivity contribution in [3.8, 4) is 0 Å². The number of thiophene rings is 1. The Hall–Kier alpha value is -1.01. The summed E-state index contributed by atoms with van der Waals surface area (Å²) in [5, 5.41) is 2.89. The maximum atomic E-state index is 11.6. The molecule has 2 rings (SSSR count). The van der Waals surface area contributed by atoms with E-state index >= 15 is 0 Å². The Bertz CT molecular complexity index is 480. The Morgan fingerprint density at radius 1 is 1.47 bits per heavy atom. The number of hydrogen-bond acceptors (Lipinski definition) is 4. The summed E-state index contributed by atoms with van der Waals surface area (Å²) in [5.74, 6) is -0.678. The predicted octanol–water partition coefficient (Wildman–Crippen LogP) is 1.59. The minimum atomic E-state index is -0.466. The molecule has 0 saturated carbocycles. The van der Waals surface area contributed by atoms with Crippen LogP contribution in [0.25, 0.3) is 0 Å². The summed E-state index contributed by atoms with van der Waals surface area (Å²) in [6, 6.07) is 0. The van der Waals surface area contributed by atoms with Crippen molar-refractivity contribution in [1.82, 2.24) is 0 Å². The van der Waals surface area contributed by atoms with E-state index in [0.717, 1.165) is 24.8 Å². The molecule has 1 unspecified atom stereocenters. The maximum absolute atomic E-state index is 11.6. The highest BCUT2D eigenvalue weighted by Crippen LogP contribution is 2.38. The van der Waals surface area contributed by atoms with E-state index in [0.29, 0.717) is 10.6 Å². The lowest BCUT2D eigenvalue weighted by molar-refractivity contribution is -0.115. The topological polar surface area (TPSA) is 72.2 Å². The number of thiol groups is 1. The van der Waals surface area contributed by atoms with Crippen molar-refractivity contribution in [2.75, 3.05) is 5.32 Å². The fraction of sp³-hybridized carbons (Fsp3) is 0.455. The second kappa shape index (κ2) is 4.70. The molecule has 1 aliphatic rings. The molecule has 0 aromatic carbocycles. The molecule has 0 fully saturated rings. The number of primary amides is 1. The molecule has 0 spiro atoms. The van der Waals surface area contributed by atoms with Gasteiger partial charge in [-0.2, -0.15) is 12.6 Å². The number of nitrogens with one attached hydrogen (secondary N) is 1. The van der Waals surface area contributed by atoms with E-state index < -0.39 is 11.2 Å². The van der Waals surface area contributed by atoms with E-state index in [1.165, 1.54) is 16.2 Å². The van der Waals surface area contributed by atoms with Crippen molar-refractivity contribution in [3.63, 3.8) is 0 Å². The zero-order valence-corrected chi connectivity index (χ0v) is 11.2. The summed E-state index contributed by atoms with van der Waals surface area (Å²) in [5.41, 5.74) is 6.89. The molecule has 1 aromatic heterocycles. The van der Waals surface area contributed by atoms with Gasteiger partial charge < -0.3 is 11.1 Å². The zero-order chi connectivity index (χ0) is 12.6. The van der Waals surface area contributed by atoms with Crippen molar-refractivity contribution in [1.29, 1.82) is 0 Å². The van der Waals surface area contributed by atoms with Gasteiger partial charge in [0.15, 0.2) is 0 Å². The van der Waals surface area contributed by atoms with E-state index in [9.17, 15) is 9.59 Å². The molecule has 17 heavy (non-hydrogen) atoms. The second-order valence-corrected chi connectivity index (χ2v) is 5.97. The van der Waals surface area contributed by atoms with Crippen molar-refractivity contribution < 1.29 is 9.59 Å². The Kier molecular flexibility index (Phi) is 3.44. The van der Waals surface area contributed by atoms with Gasteiger partial charge in [0.2, 0.25) is 5.91 Å². The monoisotopic (exact) mass is 270 g/mol. The van der Waals surface area contributed by atoms with E-state index in [1.807, 2.05) is 0 Å². The van der Waals surface area contributed by atoms with Crippen LogP contribution in [0.2, 0.25) is 0 Å². The van der Waals surface area contributed by atoms with Crippen LogP contribution < -0.4 is 11.1 Å². The SMILES string of the molecule is CC(S)C(=O)Nc1sc2c(c1C(N)=O)CCC2. The first kappa shape index (κ1) is 12.4. The van der Waals surface area contributed by atoms with Crippen LogP contribution in [0.3, 0.4) is 0 Å². The van der Waals surface area contributed by atoms with Crippen LogP contribution in [0.5, 0.6) is 0 Å². The number of fused-ring (bicyclic) bond motifs is 1. The van der Waals surface area contributed by atoms with Crippen LogP contribution in [-0.2, 0) is 17.6 Å². The smallest absolute Gasteiger partial charge is 0.251 e. The largest absolute Gasteiger partial charge is 0.365 e. The quantitative estimate of drug-likeness (QED) is 0.730. The first-order valence-electron chi connectivity index (χ1n) is 5.44. The molecule has 0 radical (unpaired) electrons. The van der Waals surface area contributed by atoms with Crippen LogP contribution in [0.15, 0.2) is 0 Å². The van der Waals surface area contributed by atoms with Crippen LogP contribution in [0.4, 0.5) is 5.00 Å². The van der Waals surface area contributed by atoms with Gasteiger partial charge in [-0.1, -0.05) is 0 Å². The Labute approximate surface area is 109 Å². The zero-order valence-electron chi connectivity index (χ0n) is 9.45. The lowest BCUT2D eigenvalue weighted by Crippen LogP contribution is -2.22. The van der Waals surface area contributed by atoms with E-state index in [4.69, 9.17) is 5.73 Å². The number of rotatable bonds is 3. The van der Waals surface area contributed by atoms with Gasteiger partial charge in [-0.3, -0.25) is 9.59 Å². The molecule has 92 valence electrons. The third-order valence-electron chi connectivity index (χ3n) is 2.78. The Morgan fingerprint density at radius 3 is 2.76 bits per heavy atom. The molecule has 4 nitrogen and oxygen atoms in total. The molecular formula is C11H14N2O2S2. The number of aryl methyl sites for hydroxylation is 1. The second-order valence-electron chi connectivity index (χ2n) is 4.09. The number of hydrogen-bond donors (Lipinski definition) is 3. The minimum absolute atomic E-state index is 0.212. The summed E-state index contributed by atoms with van der Waals surface area (Å²) < 4.78 is 0. The summed E-state index contributed by atoms with van der Waals surface area (Å²) in [6.45, 7) is 1.68. The first-order valence-corrected chi connectivity index (χ1v) is 6.77. The van der Waals surface area contributed by atoms with Crippen molar-refractivity contribution >= 4 is 40.8 Å². The van der Waals surface area contributed by atoms with Gasteiger partial charge in [-0.25, -0.2) is 0 Å². The van der Waals surface area contributed by atoms with Gasteiger partial charge >= 0.3 is 0 Å². The third-order valence-corrected chi connectivity index (χ3v) is 4.23. The highest BCUT2D eigenvalue weighted by Gasteiger charge is 2.26. The average Bonchev–Trinajstić information content (AvgIpc) is 2.75. The summed E-state index contributed by atoms with van der Waals surface area (Å²) in [4.78, 5) is 24.2. The average molecular weight is 270 g/mol. The van der Waals surface area contributed by atoms with E-state index in [-0.39, 0.29) is 5.91 Å². The highest BCUT2D eigenvalue weighted by atomic mass is 32.1. The van der Waals surface area contributed by atoms with Gasteiger partial charge in [0.05, 0.1) is 10.8 Å².